The van der Waals surface area contributed by atoms with Gasteiger partial charge in [0.25, 0.3) is 0 Å². The number of hydrogen-bond donors (Lipinski definition) is 1. The standard InChI is InChI=1S/C9H8F5N/c1-8(11,9(12,13)14)5-2-3-6(10)7(15)4-5/h2-4H,15H2,1H3. The van der Waals surface area contributed by atoms with E-state index < -0.39 is 28.9 Å². The highest BCUT2D eigenvalue weighted by atomic mass is 19.4. The van der Waals surface area contributed by atoms with E-state index in [1.165, 1.54) is 0 Å². The number of anilines is 1. The second-order valence-electron chi connectivity index (χ2n) is 3.24. The summed E-state index contributed by atoms with van der Waals surface area (Å²) in [6.07, 6.45) is -5.06. The van der Waals surface area contributed by atoms with Crippen LogP contribution in [0.1, 0.15) is 12.5 Å². The molecule has 0 aliphatic carbocycles. The van der Waals surface area contributed by atoms with E-state index in [0.29, 0.717) is 19.1 Å². The normalized spacial score (nSPS) is 16.1. The Morgan fingerprint density at radius 1 is 1.13 bits per heavy atom. The molecule has 0 aliphatic rings. The van der Waals surface area contributed by atoms with E-state index in [2.05, 4.69) is 0 Å². The SMILES string of the molecule is CC(F)(c1ccc(F)c(N)c1)C(F)(F)F. The molecular weight excluding hydrogens is 217 g/mol. The summed E-state index contributed by atoms with van der Waals surface area (Å²) in [5, 5.41) is 0. The van der Waals surface area contributed by atoms with Crippen molar-refractivity contribution in [2.24, 2.45) is 0 Å². The predicted octanol–water partition coefficient (Wildman–Crippen LogP) is 3.15. The number of nitrogen functional groups attached to an aromatic ring is 1. The van der Waals surface area contributed by atoms with Crippen molar-refractivity contribution in [1.82, 2.24) is 0 Å². The second kappa shape index (κ2) is 3.36. The maximum atomic E-state index is 13.3. The molecule has 0 fully saturated rings. The average Bonchev–Trinajstić information content (AvgIpc) is 2.07. The zero-order valence-electron chi connectivity index (χ0n) is 7.70. The van der Waals surface area contributed by atoms with Crippen LogP contribution in [-0.4, -0.2) is 6.18 Å². The molecule has 0 spiro atoms. The van der Waals surface area contributed by atoms with Gasteiger partial charge in [-0.25, -0.2) is 8.78 Å². The van der Waals surface area contributed by atoms with Gasteiger partial charge in [0.2, 0.25) is 5.67 Å². The highest BCUT2D eigenvalue weighted by Gasteiger charge is 2.53. The van der Waals surface area contributed by atoms with Crippen LogP contribution in [0.25, 0.3) is 0 Å². The van der Waals surface area contributed by atoms with Crippen LogP contribution in [0.2, 0.25) is 0 Å². The fourth-order valence-corrected chi connectivity index (χ4v) is 0.999. The number of halogens is 5. The highest BCUT2D eigenvalue weighted by Crippen LogP contribution is 2.42. The third-order valence-corrected chi connectivity index (χ3v) is 2.07. The molecular formula is C9H8F5N. The summed E-state index contributed by atoms with van der Waals surface area (Å²) in [6.45, 7) is 0.361. The molecule has 1 aromatic carbocycles. The lowest BCUT2D eigenvalue weighted by Gasteiger charge is -2.24. The third-order valence-electron chi connectivity index (χ3n) is 2.07. The monoisotopic (exact) mass is 225 g/mol. The minimum absolute atomic E-state index is 0.361. The fourth-order valence-electron chi connectivity index (χ4n) is 0.999. The van der Waals surface area contributed by atoms with Crippen molar-refractivity contribution in [3.05, 3.63) is 29.6 Å². The van der Waals surface area contributed by atoms with Crippen molar-refractivity contribution in [1.29, 1.82) is 0 Å². The van der Waals surface area contributed by atoms with Gasteiger partial charge in [0.05, 0.1) is 5.69 Å². The zero-order valence-corrected chi connectivity index (χ0v) is 7.70. The molecule has 1 atom stereocenters. The van der Waals surface area contributed by atoms with Gasteiger partial charge in [-0.2, -0.15) is 13.2 Å². The Kier molecular flexibility index (Phi) is 2.63. The van der Waals surface area contributed by atoms with E-state index in [9.17, 15) is 22.0 Å². The van der Waals surface area contributed by atoms with E-state index in [-0.39, 0.29) is 0 Å². The summed E-state index contributed by atoms with van der Waals surface area (Å²) in [5.41, 5.74) is 0.291. The van der Waals surface area contributed by atoms with Crippen LogP contribution in [0.5, 0.6) is 0 Å². The topological polar surface area (TPSA) is 26.0 Å². The van der Waals surface area contributed by atoms with Gasteiger partial charge in [0.15, 0.2) is 0 Å². The quantitative estimate of drug-likeness (QED) is 0.576. The van der Waals surface area contributed by atoms with Gasteiger partial charge in [-0.05, 0) is 19.1 Å². The Hall–Kier alpha value is -1.33. The lowest BCUT2D eigenvalue weighted by atomic mass is 9.97. The van der Waals surface area contributed by atoms with Crippen molar-refractivity contribution in [3.63, 3.8) is 0 Å². The number of nitrogens with two attached hydrogens (primary N) is 1. The highest BCUT2D eigenvalue weighted by molar-refractivity contribution is 5.44. The molecule has 0 aromatic heterocycles. The number of benzene rings is 1. The van der Waals surface area contributed by atoms with Crippen LogP contribution in [0.4, 0.5) is 27.6 Å². The minimum Gasteiger partial charge on any atom is -0.396 e. The number of alkyl halides is 4. The predicted molar refractivity (Wildman–Crippen MR) is 45.3 cm³/mol. The van der Waals surface area contributed by atoms with E-state index in [4.69, 9.17) is 5.73 Å². The molecule has 0 saturated carbocycles. The fraction of sp³-hybridized carbons (Fsp3) is 0.333. The first-order chi connectivity index (χ1) is 6.66. The number of hydrogen-bond acceptors (Lipinski definition) is 1. The molecule has 1 unspecified atom stereocenters. The Morgan fingerprint density at radius 3 is 2.07 bits per heavy atom. The van der Waals surface area contributed by atoms with Crippen LogP contribution in [-0.2, 0) is 5.67 Å². The van der Waals surface area contributed by atoms with Crippen molar-refractivity contribution in [2.45, 2.75) is 18.8 Å². The minimum atomic E-state index is -5.06. The van der Waals surface area contributed by atoms with Crippen molar-refractivity contribution >= 4 is 5.69 Å². The van der Waals surface area contributed by atoms with Crippen LogP contribution in [0.3, 0.4) is 0 Å². The van der Waals surface area contributed by atoms with Crippen molar-refractivity contribution in [2.75, 3.05) is 5.73 Å². The van der Waals surface area contributed by atoms with Crippen LogP contribution in [0.15, 0.2) is 18.2 Å². The van der Waals surface area contributed by atoms with Gasteiger partial charge < -0.3 is 5.73 Å². The summed E-state index contributed by atoms with van der Waals surface area (Å²) in [7, 11) is 0. The lowest BCUT2D eigenvalue weighted by Crippen LogP contribution is -2.35. The molecule has 1 rings (SSSR count). The van der Waals surface area contributed by atoms with Crippen molar-refractivity contribution in [3.8, 4) is 0 Å². The first-order valence-electron chi connectivity index (χ1n) is 3.97. The van der Waals surface area contributed by atoms with Crippen LogP contribution >= 0.6 is 0 Å². The molecule has 84 valence electrons. The van der Waals surface area contributed by atoms with Gasteiger partial charge in [0.1, 0.15) is 5.82 Å². The Morgan fingerprint density at radius 2 is 1.67 bits per heavy atom. The summed E-state index contributed by atoms with van der Waals surface area (Å²) in [6, 6.07) is 2.07. The Labute approximate surface area is 82.7 Å². The third kappa shape index (κ3) is 2.03. The van der Waals surface area contributed by atoms with Gasteiger partial charge >= 0.3 is 6.18 Å². The lowest BCUT2D eigenvalue weighted by molar-refractivity contribution is -0.228. The van der Waals surface area contributed by atoms with Crippen molar-refractivity contribution < 1.29 is 22.0 Å². The number of rotatable bonds is 1. The first-order valence-corrected chi connectivity index (χ1v) is 3.97. The first kappa shape index (κ1) is 11.7. The molecule has 0 heterocycles. The average molecular weight is 225 g/mol. The summed E-state index contributed by atoms with van der Waals surface area (Å²) in [4.78, 5) is 0. The summed E-state index contributed by atoms with van der Waals surface area (Å²) >= 11 is 0. The largest absolute Gasteiger partial charge is 0.426 e. The molecule has 1 nitrogen and oxygen atoms in total. The molecule has 0 amide bonds. The Balaban J connectivity index is 3.22. The maximum Gasteiger partial charge on any atom is 0.426 e. The van der Waals surface area contributed by atoms with Gasteiger partial charge in [-0.15, -0.1) is 0 Å². The molecule has 0 radical (unpaired) electrons. The zero-order chi connectivity index (χ0) is 11.9. The van der Waals surface area contributed by atoms with Crippen LogP contribution < -0.4 is 5.73 Å². The molecule has 1 aromatic rings. The molecule has 0 bridgehead atoms. The van der Waals surface area contributed by atoms with E-state index in [1.54, 1.807) is 0 Å². The van der Waals surface area contributed by atoms with Gasteiger partial charge in [-0.1, -0.05) is 6.07 Å². The van der Waals surface area contributed by atoms with E-state index in [0.717, 1.165) is 6.07 Å². The van der Waals surface area contributed by atoms with E-state index in [1.807, 2.05) is 0 Å². The van der Waals surface area contributed by atoms with E-state index >= 15 is 0 Å². The molecule has 15 heavy (non-hydrogen) atoms. The second-order valence-corrected chi connectivity index (χ2v) is 3.24. The molecule has 0 saturated heterocycles. The van der Waals surface area contributed by atoms with Gasteiger partial charge in [-0.3, -0.25) is 0 Å². The Bertz CT molecular complexity index is 369. The smallest absolute Gasteiger partial charge is 0.396 e. The van der Waals surface area contributed by atoms with Crippen LogP contribution in [0, 0.1) is 5.82 Å². The van der Waals surface area contributed by atoms with Gasteiger partial charge in [0, 0.05) is 5.56 Å². The summed E-state index contributed by atoms with van der Waals surface area (Å²) in [5.74, 6) is -0.878. The molecule has 6 heteroatoms. The molecule has 2 N–H and O–H groups in total. The molecule has 0 aliphatic heterocycles. The summed E-state index contributed by atoms with van der Waals surface area (Å²) < 4.78 is 62.7. The maximum absolute atomic E-state index is 13.3.